The zero-order chi connectivity index (χ0) is 12.1. The monoisotopic (exact) mass is 221 g/mol. The number of nitrogens with two attached hydrogens (primary N) is 1. The lowest BCUT2D eigenvalue weighted by atomic mass is 9.92. The van der Waals surface area contributed by atoms with Gasteiger partial charge >= 0.3 is 0 Å². The van der Waals surface area contributed by atoms with Crippen molar-refractivity contribution in [3.63, 3.8) is 0 Å². The Kier molecular flexibility index (Phi) is 4.35. The summed E-state index contributed by atoms with van der Waals surface area (Å²) in [7, 11) is 1.55. The highest BCUT2D eigenvalue weighted by molar-refractivity contribution is 6.03. The van der Waals surface area contributed by atoms with Gasteiger partial charge in [0.25, 0.3) is 0 Å². The van der Waals surface area contributed by atoms with Gasteiger partial charge in [-0.15, -0.1) is 0 Å². The van der Waals surface area contributed by atoms with E-state index in [9.17, 15) is 4.79 Å². The molecule has 0 amide bonds. The average molecular weight is 221 g/mol. The predicted octanol–water partition coefficient (Wildman–Crippen LogP) is 2.90. The smallest absolute Gasteiger partial charge is 0.168 e. The second-order valence-electron chi connectivity index (χ2n) is 3.80. The van der Waals surface area contributed by atoms with Crippen molar-refractivity contribution < 1.29 is 9.53 Å². The first-order valence-corrected chi connectivity index (χ1v) is 5.62. The quantitative estimate of drug-likeness (QED) is 0.614. The Morgan fingerprint density at radius 3 is 2.50 bits per heavy atom. The van der Waals surface area contributed by atoms with E-state index < -0.39 is 0 Å². The van der Waals surface area contributed by atoms with E-state index in [0.717, 1.165) is 12.8 Å². The van der Waals surface area contributed by atoms with Crippen LogP contribution < -0.4 is 10.5 Å². The van der Waals surface area contributed by atoms with Gasteiger partial charge in [0.2, 0.25) is 0 Å². The zero-order valence-electron chi connectivity index (χ0n) is 10.1. The van der Waals surface area contributed by atoms with Crippen molar-refractivity contribution in [2.45, 2.75) is 26.7 Å². The molecule has 2 N–H and O–H groups in total. The molecule has 0 saturated heterocycles. The van der Waals surface area contributed by atoms with E-state index in [1.807, 2.05) is 13.8 Å². The Balaban J connectivity index is 3.08. The zero-order valence-corrected chi connectivity index (χ0v) is 10.1. The molecule has 0 atom stereocenters. The normalized spacial score (nSPS) is 10.5. The van der Waals surface area contributed by atoms with Crippen molar-refractivity contribution >= 4 is 11.5 Å². The fourth-order valence-corrected chi connectivity index (χ4v) is 1.82. The first kappa shape index (κ1) is 12.6. The average Bonchev–Trinajstić information content (AvgIpc) is 2.30. The molecule has 1 rings (SSSR count). The Morgan fingerprint density at radius 2 is 2.00 bits per heavy atom. The van der Waals surface area contributed by atoms with Gasteiger partial charge in [-0.1, -0.05) is 19.9 Å². The van der Waals surface area contributed by atoms with E-state index in [0.29, 0.717) is 17.0 Å². The van der Waals surface area contributed by atoms with E-state index in [4.69, 9.17) is 10.5 Å². The summed E-state index contributed by atoms with van der Waals surface area (Å²) in [6.45, 7) is 4.03. The minimum absolute atomic E-state index is 0.0504. The van der Waals surface area contributed by atoms with Gasteiger partial charge in [-0.3, -0.25) is 4.79 Å². The summed E-state index contributed by atoms with van der Waals surface area (Å²) in [5.74, 6) is 0.729. The highest BCUT2D eigenvalue weighted by Crippen LogP contribution is 2.28. The standard InChI is InChI=1S/C13H19NO2/c1-4-9(5-2)13(15)10-7-6-8-11(16-3)12(10)14/h6-9H,4-5,14H2,1-3H3. The van der Waals surface area contributed by atoms with Crippen molar-refractivity contribution in [1.82, 2.24) is 0 Å². The maximum Gasteiger partial charge on any atom is 0.168 e. The van der Waals surface area contributed by atoms with Crippen molar-refractivity contribution in [3.8, 4) is 5.75 Å². The summed E-state index contributed by atoms with van der Waals surface area (Å²) < 4.78 is 5.11. The fraction of sp³-hybridized carbons (Fsp3) is 0.462. The van der Waals surface area contributed by atoms with Crippen LogP contribution in [-0.2, 0) is 0 Å². The second-order valence-corrected chi connectivity index (χ2v) is 3.80. The van der Waals surface area contributed by atoms with Crippen LogP contribution in [0.5, 0.6) is 5.75 Å². The van der Waals surface area contributed by atoms with Crippen LogP contribution in [0.15, 0.2) is 18.2 Å². The number of anilines is 1. The third-order valence-electron chi connectivity index (χ3n) is 2.91. The highest BCUT2D eigenvalue weighted by Gasteiger charge is 2.19. The second kappa shape index (κ2) is 5.54. The number of nitrogen functional groups attached to an aromatic ring is 1. The van der Waals surface area contributed by atoms with Crippen LogP contribution in [0, 0.1) is 5.92 Å². The molecule has 16 heavy (non-hydrogen) atoms. The molecule has 3 nitrogen and oxygen atoms in total. The van der Waals surface area contributed by atoms with Gasteiger partial charge in [-0.05, 0) is 25.0 Å². The number of ether oxygens (including phenoxy) is 1. The summed E-state index contributed by atoms with van der Waals surface area (Å²) in [5.41, 5.74) is 6.92. The Morgan fingerprint density at radius 1 is 1.38 bits per heavy atom. The molecule has 0 fully saturated rings. The molecule has 0 aliphatic rings. The van der Waals surface area contributed by atoms with Gasteiger partial charge in [0, 0.05) is 11.5 Å². The molecule has 0 radical (unpaired) electrons. The van der Waals surface area contributed by atoms with Crippen LogP contribution in [0.25, 0.3) is 0 Å². The predicted molar refractivity (Wildman–Crippen MR) is 65.8 cm³/mol. The van der Waals surface area contributed by atoms with Gasteiger partial charge in [-0.25, -0.2) is 0 Å². The lowest BCUT2D eigenvalue weighted by Gasteiger charge is -2.14. The number of methoxy groups -OCH3 is 1. The topological polar surface area (TPSA) is 52.3 Å². The van der Waals surface area contributed by atoms with Gasteiger partial charge in [0.05, 0.1) is 12.8 Å². The highest BCUT2D eigenvalue weighted by atomic mass is 16.5. The maximum absolute atomic E-state index is 12.2. The van der Waals surface area contributed by atoms with Gasteiger partial charge in [0.1, 0.15) is 5.75 Å². The number of Topliss-reactive ketones (excluding diaryl/α,β-unsaturated/α-hetero) is 1. The van der Waals surface area contributed by atoms with Crippen LogP contribution in [0.2, 0.25) is 0 Å². The Labute approximate surface area is 96.6 Å². The number of rotatable bonds is 5. The number of carbonyl (C=O) groups is 1. The molecule has 0 heterocycles. The summed E-state index contributed by atoms with van der Waals surface area (Å²) in [4.78, 5) is 12.2. The lowest BCUT2D eigenvalue weighted by molar-refractivity contribution is 0.0914. The van der Waals surface area contributed by atoms with E-state index in [-0.39, 0.29) is 11.7 Å². The molecule has 1 aromatic rings. The first-order valence-electron chi connectivity index (χ1n) is 5.62. The first-order chi connectivity index (χ1) is 7.65. The van der Waals surface area contributed by atoms with E-state index in [1.54, 1.807) is 25.3 Å². The molecular weight excluding hydrogens is 202 g/mol. The van der Waals surface area contributed by atoms with Crippen molar-refractivity contribution in [2.24, 2.45) is 5.92 Å². The molecule has 88 valence electrons. The minimum atomic E-state index is 0.0504. The molecule has 0 aliphatic heterocycles. The van der Waals surface area contributed by atoms with Crippen molar-refractivity contribution in [3.05, 3.63) is 23.8 Å². The summed E-state index contributed by atoms with van der Waals surface area (Å²) in [6.07, 6.45) is 1.68. The van der Waals surface area contributed by atoms with E-state index in [2.05, 4.69) is 0 Å². The van der Waals surface area contributed by atoms with Crippen LogP contribution >= 0.6 is 0 Å². The summed E-state index contributed by atoms with van der Waals surface area (Å²) in [6, 6.07) is 5.32. The molecule has 1 aromatic carbocycles. The lowest BCUT2D eigenvalue weighted by Crippen LogP contribution is -2.15. The molecule has 0 aromatic heterocycles. The SMILES string of the molecule is CCC(CC)C(=O)c1cccc(OC)c1N. The van der Waals surface area contributed by atoms with E-state index in [1.165, 1.54) is 0 Å². The number of ketones is 1. The molecule has 0 unspecified atom stereocenters. The van der Waals surface area contributed by atoms with Gasteiger partial charge < -0.3 is 10.5 Å². The number of para-hydroxylation sites is 1. The Bertz CT molecular complexity index is 370. The summed E-state index contributed by atoms with van der Waals surface area (Å²) >= 11 is 0. The van der Waals surface area contributed by atoms with Crippen molar-refractivity contribution in [2.75, 3.05) is 12.8 Å². The fourth-order valence-electron chi connectivity index (χ4n) is 1.82. The number of hydrogen-bond donors (Lipinski definition) is 1. The number of benzene rings is 1. The van der Waals surface area contributed by atoms with Crippen LogP contribution in [-0.4, -0.2) is 12.9 Å². The third kappa shape index (κ3) is 2.35. The largest absolute Gasteiger partial charge is 0.495 e. The van der Waals surface area contributed by atoms with E-state index >= 15 is 0 Å². The number of carbonyl (C=O) groups excluding carboxylic acids is 1. The molecule has 0 saturated carbocycles. The maximum atomic E-state index is 12.2. The minimum Gasteiger partial charge on any atom is -0.495 e. The Hall–Kier alpha value is -1.51. The van der Waals surface area contributed by atoms with Crippen LogP contribution in [0.3, 0.4) is 0 Å². The van der Waals surface area contributed by atoms with Crippen LogP contribution in [0.4, 0.5) is 5.69 Å². The number of hydrogen-bond acceptors (Lipinski definition) is 3. The van der Waals surface area contributed by atoms with Gasteiger partial charge in [-0.2, -0.15) is 0 Å². The van der Waals surface area contributed by atoms with Crippen molar-refractivity contribution in [1.29, 1.82) is 0 Å². The van der Waals surface area contributed by atoms with Gasteiger partial charge in [0.15, 0.2) is 5.78 Å². The molecule has 0 bridgehead atoms. The molecule has 3 heteroatoms. The molecule has 0 aliphatic carbocycles. The third-order valence-corrected chi connectivity index (χ3v) is 2.91. The van der Waals surface area contributed by atoms with Crippen LogP contribution in [0.1, 0.15) is 37.0 Å². The molecular formula is C13H19NO2. The summed E-state index contributed by atoms with van der Waals surface area (Å²) in [5, 5.41) is 0. The molecule has 0 spiro atoms.